The lowest BCUT2D eigenvalue weighted by atomic mass is 9.85. The Labute approximate surface area is 305 Å². The maximum Gasteiger partial charge on any atom is 0.136 e. The third kappa shape index (κ3) is 14.9. The number of nitrogens with zero attached hydrogens (tertiary/aromatic N) is 2. The second-order valence-corrected chi connectivity index (χ2v) is 14.9. The van der Waals surface area contributed by atoms with E-state index in [2.05, 4.69) is 61.8 Å². The van der Waals surface area contributed by atoms with Crippen LogP contribution in [0.1, 0.15) is 129 Å². The van der Waals surface area contributed by atoms with E-state index in [1.165, 1.54) is 49.7 Å². The average Bonchev–Trinajstić information content (AvgIpc) is 3.16. The first-order chi connectivity index (χ1) is 24.3. The van der Waals surface area contributed by atoms with Crippen molar-refractivity contribution in [3.05, 3.63) is 59.7 Å². The van der Waals surface area contributed by atoms with E-state index < -0.39 is 0 Å². The molecule has 0 spiro atoms. The third-order valence-electron chi connectivity index (χ3n) is 11.3. The van der Waals surface area contributed by atoms with E-state index in [1.54, 1.807) is 14.2 Å². The van der Waals surface area contributed by atoms with Crippen molar-refractivity contribution in [2.75, 3.05) is 40.4 Å². The normalized spacial score (nSPS) is 16.8. The zero-order valence-electron chi connectivity index (χ0n) is 32.6. The van der Waals surface area contributed by atoms with Crippen LogP contribution in [0.25, 0.3) is 0 Å². The van der Waals surface area contributed by atoms with E-state index in [-0.39, 0.29) is 0 Å². The molecule has 0 amide bonds. The van der Waals surface area contributed by atoms with Gasteiger partial charge < -0.3 is 19.3 Å². The minimum Gasteiger partial charge on any atom is -0.497 e. The van der Waals surface area contributed by atoms with E-state index in [0.29, 0.717) is 35.5 Å². The second-order valence-electron chi connectivity index (χ2n) is 14.9. The lowest BCUT2D eigenvalue weighted by Crippen LogP contribution is -2.35. The van der Waals surface area contributed by atoms with Gasteiger partial charge in [-0.25, -0.2) is 0 Å². The van der Waals surface area contributed by atoms with Gasteiger partial charge >= 0.3 is 0 Å². The number of benzene rings is 2. The van der Waals surface area contributed by atoms with Crippen molar-refractivity contribution in [3.63, 3.8) is 0 Å². The van der Waals surface area contributed by atoms with E-state index in [1.807, 2.05) is 24.3 Å². The molecule has 0 aromatic heterocycles. The number of rotatable bonds is 20. The Morgan fingerprint density at radius 2 is 0.940 bits per heavy atom. The summed E-state index contributed by atoms with van der Waals surface area (Å²) in [6, 6.07) is 17.7. The fourth-order valence-electron chi connectivity index (χ4n) is 8.01. The molecule has 0 aliphatic heterocycles. The monoisotopic (exact) mass is 691 g/mol. The van der Waals surface area contributed by atoms with Crippen LogP contribution in [0, 0.1) is 11.8 Å². The number of Topliss-reactive ketones (excluding diaryl/α,β-unsaturated/α-hetero) is 2. The summed E-state index contributed by atoms with van der Waals surface area (Å²) < 4.78 is 10.5. The molecule has 0 N–H and O–H groups in total. The molecule has 0 bridgehead atoms. The predicted octanol–water partition coefficient (Wildman–Crippen LogP) is 9.76. The minimum absolute atomic E-state index is 0.362. The molecule has 0 unspecified atom stereocenters. The second kappa shape index (κ2) is 23.7. The lowest BCUT2D eigenvalue weighted by molar-refractivity contribution is -0.124. The molecule has 50 heavy (non-hydrogen) atoms. The molecular formula is C44H70N2O4. The van der Waals surface area contributed by atoms with Gasteiger partial charge in [0.05, 0.1) is 14.2 Å². The van der Waals surface area contributed by atoms with Crippen molar-refractivity contribution in [3.8, 4) is 11.5 Å². The zero-order valence-corrected chi connectivity index (χ0v) is 32.6. The van der Waals surface area contributed by atoms with Crippen LogP contribution in [0.2, 0.25) is 0 Å². The Balaban J connectivity index is 0.000000270. The molecular weight excluding hydrogens is 620 g/mol. The van der Waals surface area contributed by atoms with Gasteiger partial charge in [0.1, 0.15) is 23.1 Å². The fraction of sp³-hybridized carbons (Fsp3) is 0.682. The van der Waals surface area contributed by atoms with Crippen LogP contribution in [-0.4, -0.2) is 73.8 Å². The average molecular weight is 691 g/mol. The van der Waals surface area contributed by atoms with Crippen LogP contribution in [-0.2, 0) is 22.4 Å². The first-order valence-corrected chi connectivity index (χ1v) is 20.1. The SMILES string of the molecule is CCN(CCCC(=O)C1CCCCC1)[C@@H](C)Cc1ccc(OC)cc1.CCN(CCCC(=O)C1CCCCC1)[C@@H](C)Cc1ccc(OC)cc1. The molecule has 280 valence electrons. The minimum atomic E-state index is 0.362. The number of ketones is 2. The van der Waals surface area contributed by atoms with Crippen LogP contribution >= 0.6 is 0 Å². The summed E-state index contributed by atoms with van der Waals surface area (Å²) >= 11 is 0. The van der Waals surface area contributed by atoms with Gasteiger partial charge in [0, 0.05) is 36.8 Å². The van der Waals surface area contributed by atoms with Gasteiger partial charge in [-0.1, -0.05) is 76.6 Å². The zero-order chi connectivity index (χ0) is 36.1. The van der Waals surface area contributed by atoms with Gasteiger partial charge in [-0.15, -0.1) is 0 Å². The molecule has 6 nitrogen and oxygen atoms in total. The lowest BCUT2D eigenvalue weighted by Gasteiger charge is -2.28. The maximum atomic E-state index is 12.4. The highest BCUT2D eigenvalue weighted by Crippen LogP contribution is 2.27. The molecule has 0 radical (unpaired) electrons. The van der Waals surface area contributed by atoms with Crippen LogP contribution in [0.15, 0.2) is 48.5 Å². The summed E-state index contributed by atoms with van der Waals surface area (Å²) in [6.45, 7) is 13.1. The van der Waals surface area contributed by atoms with E-state index in [4.69, 9.17) is 9.47 Å². The summed E-state index contributed by atoms with van der Waals surface area (Å²) in [4.78, 5) is 29.7. The van der Waals surface area contributed by atoms with Crippen LogP contribution in [0.4, 0.5) is 0 Å². The van der Waals surface area contributed by atoms with Crippen molar-refractivity contribution in [2.45, 2.75) is 143 Å². The van der Waals surface area contributed by atoms with E-state index in [0.717, 1.165) is 102 Å². The standard InChI is InChI=1S/2C22H35NO2/c2*1-4-23(16-8-11-22(24)20-9-6-5-7-10-20)18(2)17-19-12-14-21(25-3)15-13-19/h2*12-15,18,20H,4-11,16-17H2,1-3H3/t2*18-/m00/s1. The quantitative estimate of drug-likeness (QED) is 0.138. The molecule has 6 heteroatoms. The van der Waals surface area contributed by atoms with Crippen molar-refractivity contribution in [1.29, 1.82) is 0 Å². The van der Waals surface area contributed by atoms with Gasteiger partial charge in [-0.3, -0.25) is 9.59 Å². The first-order valence-electron chi connectivity index (χ1n) is 20.1. The molecule has 2 aromatic rings. The Kier molecular flexibility index (Phi) is 19.8. The van der Waals surface area contributed by atoms with Crippen molar-refractivity contribution in [1.82, 2.24) is 9.80 Å². The maximum absolute atomic E-state index is 12.4. The first kappa shape index (κ1) is 41.7. The van der Waals surface area contributed by atoms with E-state index >= 15 is 0 Å². The fourth-order valence-corrected chi connectivity index (χ4v) is 8.01. The molecule has 2 saturated carbocycles. The molecule has 0 heterocycles. The highest BCUT2D eigenvalue weighted by atomic mass is 16.5. The predicted molar refractivity (Wildman–Crippen MR) is 208 cm³/mol. The summed E-state index contributed by atoms with van der Waals surface area (Å²) in [5, 5.41) is 0. The van der Waals surface area contributed by atoms with Gasteiger partial charge in [0.25, 0.3) is 0 Å². The largest absolute Gasteiger partial charge is 0.497 e. The van der Waals surface area contributed by atoms with Crippen molar-refractivity contribution < 1.29 is 19.1 Å². The number of hydrogen-bond donors (Lipinski definition) is 0. The van der Waals surface area contributed by atoms with Gasteiger partial charge in [0.15, 0.2) is 0 Å². The molecule has 2 aliphatic rings. The van der Waals surface area contributed by atoms with Gasteiger partial charge in [-0.2, -0.15) is 0 Å². The molecule has 4 rings (SSSR count). The molecule has 0 saturated heterocycles. The smallest absolute Gasteiger partial charge is 0.136 e. The van der Waals surface area contributed by atoms with Crippen molar-refractivity contribution >= 4 is 11.6 Å². The number of ether oxygens (including phenoxy) is 2. The topological polar surface area (TPSA) is 59.1 Å². The molecule has 2 aliphatic carbocycles. The van der Waals surface area contributed by atoms with Crippen LogP contribution in [0.3, 0.4) is 0 Å². The number of carbonyl (C=O) groups excluding carboxylic acids is 2. The summed E-state index contributed by atoms with van der Waals surface area (Å²) in [7, 11) is 3.40. The molecule has 2 aromatic carbocycles. The highest BCUT2D eigenvalue weighted by Gasteiger charge is 2.22. The van der Waals surface area contributed by atoms with Gasteiger partial charge in [-0.05, 0) is 127 Å². The van der Waals surface area contributed by atoms with E-state index in [9.17, 15) is 9.59 Å². The van der Waals surface area contributed by atoms with Crippen LogP contribution < -0.4 is 9.47 Å². The third-order valence-corrected chi connectivity index (χ3v) is 11.3. The Bertz CT molecular complexity index is 1110. The van der Waals surface area contributed by atoms with Crippen LogP contribution in [0.5, 0.6) is 11.5 Å². The number of methoxy groups -OCH3 is 2. The number of likely N-dealkylation sites (N-methyl/N-ethyl adjacent to an activating group) is 2. The Hall–Kier alpha value is -2.70. The summed E-state index contributed by atoms with van der Waals surface area (Å²) in [5.41, 5.74) is 2.68. The van der Waals surface area contributed by atoms with Gasteiger partial charge in [0.2, 0.25) is 0 Å². The molecule has 2 fully saturated rings. The highest BCUT2D eigenvalue weighted by molar-refractivity contribution is 5.81. The Morgan fingerprint density at radius 3 is 1.24 bits per heavy atom. The summed E-state index contributed by atoms with van der Waals surface area (Å²) in [6.07, 6.45) is 17.7. The number of carbonyl (C=O) groups is 2. The Morgan fingerprint density at radius 1 is 0.600 bits per heavy atom. The molecule has 2 atom stereocenters. The number of hydrogen-bond acceptors (Lipinski definition) is 6. The van der Waals surface area contributed by atoms with Crippen molar-refractivity contribution in [2.24, 2.45) is 11.8 Å². The summed E-state index contributed by atoms with van der Waals surface area (Å²) in [5.74, 6) is 3.56.